The molecule has 0 amide bonds. The highest BCUT2D eigenvalue weighted by atomic mass is 35.5. The SMILES string of the molecule is CC(Nc1cc(C#N)ccc1N)c1ccc(Cl)s1. The van der Waals surface area contributed by atoms with Gasteiger partial charge in [0.25, 0.3) is 0 Å². The van der Waals surface area contributed by atoms with E-state index in [1.165, 1.54) is 11.3 Å². The van der Waals surface area contributed by atoms with Crippen LogP contribution in [0.5, 0.6) is 0 Å². The molecule has 0 aliphatic heterocycles. The molecule has 92 valence electrons. The van der Waals surface area contributed by atoms with Crippen LogP contribution in [0.1, 0.15) is 23.4 Å². The fraction of sp³-hybridized carbons (Fsp3) is 0.154. The zero-order chi connectivity index (χ0) is 13.1. The van der Waals surface area contributed by atoms with Crippen molar-refractivity contribution in [2.45, 2.75) is 13.0 Å². The lowest BCUT2D eigenvalue weighted by Crippen LogP contribution is -2.07. The quantitative estimate of drug-likeness (QED) is 0.833. The summed E-state index contributed by atoms with van der Waals surface area (Å²) >= 11 is 7.44. The van der Waals surface area contributed by atoms with Gasteiger partial charge < -0.3 is 11.1 Å². The van der Waals surface area contributed by atoms with Gasteiger partial charge in [-0.2, -0.15) is 5.26 Å². The predicted molar refractivity (Wildman–Crippen MR) is 76.9 cm³/mol. The van der Waals surface area contributed by atoms with E-state index >= 15 is 0 Å². The number of hydrogen-bond acceptors (Lipinski definition) is 4. The summed E-state index contributed by atoms with van der Waals surface area (Å²) in [7, 11) is 0. The highest BCUT2D eigenvalue weighted by Crippen LogP contribution is 2.30. The van der Waals surface area contributed by atoms with Crippen molar-refractivity contribution in [3.05, 3.63) is 45.1 Å². The van der Waals surface area contributed by atoms with Gasteiger partial charge in [-0.25, -0.2) is 0 Å². The van der Waals surface area contributed by atoms with Gasteiger partial charge in [-0.15, -0.1) is 11.3 Å². The lowest BCUT2D eigenvalue weighted by atomic mass is 10.1. The second-order valence-corrected chi connectivity index (χ2v) is 5.67. The Hall–Kier alpha value is -1.70. The van der Waals surface area contributed by atoms with E-state index in [0.29, 0.717) is 11.3 Å². The van der Waals surface area contributed by atoms with Crippen molar-refractivity contribution in [2.24, 2.45) is 0 Å². The molecule has 1 aromatic heterocycles. The number of hydrogen-bond donors (Lipinski definition) is 2. The van der Waals surface area contributed by atoms with Gasteiger partial charge in [0.05, 0.1) is 33.4 Å². The summed E-state index contributed by atoms with van der Waals surface area (Å²) in [5, 5.41) is 12.2. The topological polar surface area (TPSA) is 61.8 Å². The van der Waals surface area contributed by atoms with Crippen LogP contribution in [0.15, 0.2) is 30.3 Å². The van der Waals surface area contributed by atoms with E-state index in [1.807, 2.05) is 19.1 Å². The molecule has 2 rings (SSSR count). The van der Waals surface area contributed by atoms with Crippen LogP contribution in [-0.4, -0.2) is 0 Å². The minimum Gasteiger partial charge on any atom is -0.397 e. The van der Waals surface area contributed by atoms with Gasteiger partial charge in [0.15, 0.2) is 0 Å². The lowest BCUT2D eigenvalue weighted by Gasteiger charge is -2.15. The standard InChI is InChI=1S/C13H12ClN3S/c1-8(12-4-5-13(14)18-12)17-11-6-9(7-15)2-3-10(11)16/h2-6,8,17H,16H2,1H3. The first-order valence-corrected chi connectivity index (χ1v) is 6.61. The third-order valence-corrected chi connectivity index (χ3v) is 3.99. The minimum absolute atomic E-state index is 0.0961. The summed E-state index contributed by atoms with van der Waals surface area (Å²) in [4.78, 5) is 1.13. The van der Waals surface area contributed by atoms with E-state index in [-0.39, 0.29) is 6.04 Å². The largest absolute Gasteiger partial charge is 0.397 e. The average molecular weight is 278 g/mol. The number of nitriles is 1. The van der Waals surface area contributed by atoms with Gasteiger partial charge in [-0.3, -0.25) is 0 Å². The summed E-state index contributed by atoms with van der Waals surface area (Å²) in [6, 6.07) is 11.2. The number of anilines is 2. The van der Waals surface area contributed by atoms with Crippen LogP contribution in [-0.2, 0) is 0 Å². The maximum Gasteiger partial charge on any atom is 0.0992 e. The van der Waals surface area contributed by atoms with E-state index in [4.69, 9.17) is 22.6 Å². The summed E-state index contributed by atoms with van der Waals surface area (Å²) in [6.45, 7) is 2.03. The molecule has 0 aliphatic carbocycles. The number of nitrogen functional groups attached to an aromatic ring is 1. The Bertz CT molecular complexity index is 601. The fourth-order valence-corrected chi connectivity index (χ4v) is 2.68. The molecule has 1 aromatic carbocycles. The molecule has 1 atom stereocenters. The van der Waals surface area contributed by atoms with Gasteiger partial charge in [-0.05, 0) is 37.3 Å². The number of benzene rings is 1. The maximum atomic E-state index is 8.87. The van der Waals surface area contributed by atoms with Gasteiger partial charge in [-0.1, -0.05) is 11.6 Å². The van der Waals surface area contributed by atoms with Crippen molar-refractivity contribution >= 4 is 34.3 Å². The molecule has 0 radical (unpaired) electrons. The molecule has 0 spiro atoms. The molecule has 0 bridgehead atoms. The van der Waals surface area contributed by atoms with Crippen molar-refractivity contribution in [3.8, 4) is 6.07 Å². The van der Waals surface area contributed by atoms with Crippen LogP contribution in [0.25, 0.3) is 0 Å². The van der Waals surface area contributed by atoms with Crippen molar-refractivity contribution < 1.29 is 0 Å². The highest BCUT2D eigenvalue weighted by molar-refractivity contribution is 7.16. The van der Waals surface area contributed by atoms with Crippen LogP contribution in [0, 0.1) is 11.3 Å². The van der Waals surface area contributed by atoms with Gasteiger partial charge in [0, 0.05) is 4.88 Å². The first-order chi connectivity index (χ1) is 8.60. The first-order valence-electron chi connectivity index (χ1n) is 5.41. The third kappa shape index (κ3) is 2.76. The van der Waals surface area contributed by atoms with Crippen molar-refractivity contribution in [1.29, 1.82) is 5.26 Å². The molecule has 1 heterocycles. The van der Waals surface area contributed by atoms with Crippen LogP contribution in [0.3, 0.4) is 0 Å². The van der Waals surface area contributed by atoms with E-state index in [9.17, 15) is 0 Å². The summed E-state index contributed by atoms with van der Waals surface area (Å²) < 4.78 is 0.761. The van der Waals surface area contributed by atoms with Crippen LogP contribution < -0.4 is 11.1 Å². The smallest absolute Gasteiger partial charge is 0.0992 e. The Morgan fingerprint density at radius 3 is 2.78 bits per heavy atom. The molecule has 3 N–H and O–H groups in total. The fourth-order valence-electron chi connectivity index (χ4n) is 1.62. The van der Waals surface area contributed by atoms with Gasteiger partial charge >= 0.3 is 0 Å². The Kier molecular flexibility index (Phi) is 3.75. The predicted octanol–water partition coefficient (Wildman–Crippen LogP) is 4.03. The zero-order valence-corrected chi connectivity index (χ0v) is 11.3. The Labute approximate surface area is 115 Å². The number of rotatable bonds is 3. The van der Waals surface area contributed by atoms with E-state index in [2.05, 4.69) is 11.4 Å². The highest BCUT2D eigenvalue weighted by Gasteiger charge is 2.10. The van der Waals surface area contributed by atoms with Gasteiger partial charge in [0.2, 0.25) is 0 Å². The monoisotopic (exact) mass is 277 g/mol. The average Bonchev–Trinajstić information content (AvgIpc) is 2.79. The van der Waals surface area contributed by atoms with E-state index < -0.39 is 0 Å². The molecule has 18 heavy (non-hydrogen) atoms. The number of nitrogens with zero attached hydrogens (tertiary/aromatic N) is 1. The number of nitrogens with one attached hydrogen (secondary N) is 1. The summed E-state index contributed by atoms with van der Waals surface area (Å²) in [6.07, 6.45) is 0. The lowest BCUT2D eigenvalue weighted by molar-refractivity contribution is 0.909. The molecule has 0 saturated carbocycles. The molecule has 5 heteroatoms. The van der Waals surface area contributed by atoms with E-state index in [1.54, 1.807) is 18.2 Å². The Balaban J connectivity index is 2.21. The minimum atomic E-state index is 0.0961. The normalized spacial score (nSPS) is 11.8. The van der Waals surface area contributed by atoms with Crippen LogP contribution >= 0.6 is 22.9 Å². The van der Waals surface area contributed by atoms with Crippen molar-refractivity contribution in [1.82, 2.24) is 0 Å². The first kappa shape index (κ1) is 12.7. The molecule has 0 aliphatic rings. The van der Waals surface area contributed by atoms with Crippen molar-refractivity contribution in [3.63, 3.8) is 0 Å². The molecule has 3 nitrogen and oxygen atoms in total. The summed E-state index contributed by atoms with van der Waals surface area (Å²) in [5.74, 6) is 0. The van der Waals surface area contributed by atoms with Crippen LogP contribution in [0.4, 0.5) is 11.4 Å². The molecule has 0 saturated heterocycles. The number of nitrogens with two attached hydrogens (primary N) is 1. The molecule has 2 aromatic rings. The van der Waals surface area contributed by atoms with Crippen LogP contribution in [0.2, 0.25) is 4.34 Å². The third-order valence-electron chi connectivity index (χ3n) is 2.58. The molecular formula is C13H12ClN3S. The molecular weight excluding hydrogens is 266 g/mol. The number of thiophene rings is 1. The van der Waals surface area contributed by atoms with Crippen molar-refractivity contribution in [2.75, 3.05) is 11.1 Å². The number of halogens is 1. The Morgan fingerprint density at radius 2 is 2.17 bits per heavy atom. The van der Waals surface area contributed by atoms with Gasteiger partial charge in [0.1, 0.15) is 0 Å². The summed E-state index contributed by atoms with van der Waals surface area (Å²) in [5.41, 5.74) is 7.87. The van der Waals surface area contributed by atoms with E-state index in [0.717, 1.165) is 14.9 Å². The second kappa shape index (κ2) is 5.30. The zero-order valence-electron chi connectivity index (χ0n) is 9.77. The second-order valence-electron chi connectivity index (χ2n) is 3.92. The molecule has 1 unspecified atom stereocenters. The molecule has 0 fully saturated rings. The maximum absolute atomic E-state index is 8.87. The Morgan fingerprint density at radius 1 is 1.39 bits per heavy atom.